The summed E-state index contributed by atoms with van der Waals surface area (Å²) in [5, 5.41) is 12.1. The van der Waals surface area contributed by atoms with Crippen LogP contribution in [0.3, 0.4) is 0 Å². The molecule has 0 amide bonds. The van der Waals surface area contributed by atoms with Crippen molar-refractivity contribution in [3.63, 3.8) is 0 Å². The van der Waals surface area contributed by atoms with Gasteiger partial charge in [0.25, 0.3) is 0 Å². The first-order chi connectivity index (χ1) is 7.17. The molecule has 84 valence electrons. The molecule has 1 heterocycles. The average molecular weight is 209 g/mol. The summed E-state index contributed by atoms with van der Waals surface area (Å²) in [7, 11) is 3.87. The zero-order valence-electron chi connectivity index (χ0n) is 9.57. The minimum Gasteiger partial charge on any atom is -0.395 e. The molecule has 1 unspecified atom stereocenters. The molecule has 0 bridgehead atoms. The third-order valence-corrected chi connectivity index (χ3v) is 2.53. The molecule has 4 heteroatoms. The third-order valence-electron chi connectivity index (χ3n) is 2.53. The Morgan fingerprint density at radius 1 is 1.60 bits per heavy atom. The van der Waals surface area contributed by atoms with Crippen molar-refractivity contribution in [1.29, 1.82) is 0 Å². The molecule has 0 radical (unpaired) electrons. The smallest absolute Gasteiger partial charge is 0.0584 e. The average Bonchev–Trinajstić information content (AvgIpc) is 2.28. The maximum absolute atomic E-state index is 9.01. The number of rotatable bonds is 5. The van der Waals surface area contributed by atoms with Gasteiger partial charge in [-0.1, -0.05) is 0 Å². The van der Waals surface area contributed by atoms with Crippen molar-refractivity contribution in [2.45, 2.75) is 19.5 Å². The number of hydrogen-bond acceptors (Lipinski definition) is 4. The summed E-state index contributed by atoms with van der Waals surface area (Å²) < 4.78 is 0. The maximum atomic E-state index is 9.01. The van der Waals surface area contributed by atoms with Gasteiger partial charge in [-0.15, -0.1) is 0 Å². The summed E-state index contributed by atoms with van der Waals surface area (Å²) in [5.74, 6) is 0. The molecule has 1 rings (SSSR count). The summed E-state index contributed by atoms with van der Waals surface area (Å²) >= 11 is 0. The quantitative estimate of drug-likeness (QED) is 0.757. The Bertz CT molecular complexity index is 304. The highest BCUT2D eigenvalue weighted by molar-refractivity contribution is 5.42. The Morgan fingerprint density at radius 3 is 2.93 bits per heavy atom. The first kappa shape index (κ1) is 11.9. The molecular formula is C11H19N3O. The van der Waals surface area contributed by atoms with Crippen LogP contribution >= 0.6 is 0 Å². The molecule has 0 aliphatic carbocycles. The van der Waals surface area contributed by atoms with E-state index in [1.54, 1.807) is 6.20 Å². The van der Waals surface area contributed by atoms with Crippen LogP contribution < -0.4 is 5.32 Å². The van der Waals surface area contributed by atoms with E-state index in [1.807, 2.05) is 33.2 Å². The van der Waals surface area contributed by atoms with Gasteiger partial charge in [0, 0.05) is 31.5 Å². The second-order valence-corrected chi connectivity index (χ2v) is 3.73. The van der Waals surface area contributed by atoms with E-state index in [-0.39, 0.29) is 12.6 Å². The topological polar surface area (TPSA) is 48.4 Å². The Kier molecular flexibility index (Phi) is 4.52. The molecule has 2 N–H and O–H groups in total. The lowest BCUT2D eigenvalue weighted by atomic mass is 10.2. The molecule has 4 nitrogen and oxygen atoms in total. The first-order valence-corrected chi connectivity index (χ1v) is 5.11. The second kappa shape index (κ2) is 5.68. The van der Waals surface area contributed by atoms with Gasteiger partial charge in [-0.3, -0.25) is 9.88 Å². The van der Waals surface area contributed by atoms with Gasteiger partial charge in [0.1, 0.15) is 0 Å². The monoisotopic (exact) mass is 209 g/mol. The van der Waals surface area contributed by atoms with Crippen molar-refractivity contribution < 1.29 is 5.11 Å². The van der Waals surface area contributed by atoms with E-state index < -0.39 is 0 Å². The van der Waals surface area contributed by atoms with Gasteiger partial charge in [-0.2, -0.15) is 0 Å². The zero-order chi connectivity index (χ0) is 11.3. The molecule has 0 aliphatic heterocycles. The van der Waals surface area contributed by atoms with Crippen LogP contribution in [-0.2, 0) is 6.54 Å². The summed E-state index contributed by atoms with van der Waals surface area (Å²) in [6, 6.07) is 4.10. The Hall–Kier alpha value is -1.13. The molecule has 1 atom stereocenters. The number of anilines is 1. The number of likely N-dealkylation sites (N-methyl/N-ethyl adjacent to an activating group) is 1. The lowest BCUT2D eigenvalue weighted by molar-refractivity contribution is 0.153. The molecule has 0 saturated heterocycles. The van der Waals surface area contributed by atoms with Crippen LogP contribution in [0.4, 0.5) is 5.69 Å². The predicted molar refractivity (Wildman–Crippen MR) is 61.8 cm³/mol. The zero-order valence-corrected chi connectivity index (χ0v) is 9.57. The largest absolute Gasteiger partial charge is 0.395 e. The first-order valence-electron chi connectivity index (χ1n) is 5.11. The SMILES string of the molecule is CNc1ccnc(CN(C)C(C)CO)c1. The van der Waals surface area contributed by atoms with Crippen molar-refractivity contribution in [2.24, 2.45) is 0 Å². The van der Waals surface area contributed by atoms with Crippen LogP contribution in [0, 0.1) is 0 Å². The maximum Gasteiger partial charge on any atom is 0.0584 e. The fourth-order valence-corrected chi connectivity index (χ4v) is 1.27. The van der Waals surface area contributed by atoms with E-state index in [2.05, 4.69) is 15.2 Å². The van der Waals surface area contributed by atoms with Crippen molar-refractivity contribution >= 4 is 5.69 Å². The molecule has 15 heavy (non-hydrogen) atoms. The number of nitrogens with one attached hydrogen (secondary N) is 1. The number of aliphatic hydroxyl groups is 1. The van der Waals surface area contributed by atoms with E-state index in [0.717, 1.165) is 17.9 Å². The van der Waals surface area contributed by atoms with Crippen molar-refractivity contribution in [2.75, 3.05) is 26.0 Å². The number of aliphatic hydroxyl groups excluding tert-OH is 1. The lowest BCUT2D eigenvalue weighted by Gasteiger charge is -2.22. The molecular weight excluding hydrogens is 190 g/mol. The lowest BCUT2D eigenvalue weighted by Crippen LogP contribution is -2.31. The van der Waals surface area contributed by atoms with E-state index in [0.29, 0.717) is 0 Å². The Labute approximate surface area is 90.9 Å². The molecule has 0 aliphatic rings. The van der Waals surface area contributed by atoms with E-state index >= 15 is 0 Å². The van der Waals surface area contributed by atoms with Crippen molar-refractivity contribution in [3.05, 3.63) is 24.0 Å². The van der Waals surface area contributed by atoms with Crippen LogP contribution in [-0.4, -0.2) is 41.7 Å². The second-order valence-electron chi connectivity index (χ2n) is 3.73. The highest BCUT2D eigenvalue weighted by Gasteiger charge is 2.08. The molecule has 0 aromatic carbocycles. The van der Waals surface area contributed by atoms with Gasteiger partial charge in [0.05, 0.1) is 12.3 Å². The summed E-state index contributed by atoms with van der Waals surface area (Å²) in [6.45, 7) is 2.90. The normalized spacial score (nSPS) is 12.9. The van der Waals surface area contributed by atoms with Crippen LogP contribution in [0.15, 0.2) is 18.3 Å². The fraction of sp³-hybridized carbons (Fsp3) is 0.545. The summed E-state index contributed by atoms with van der Waals surface area (Å²) in [5.41, 5.74) is 2.06. The highest BCUT2D eigenvalue weighted by atomic mass is 16.3. The van der Waals surface area contributed by atoms with Crippen LogP contribution in [0.25, 0.3) is 0 Å². The van der Waals surface area contributed by atoms with Crippen LogP contribution in [0.1, 0.15) is 12.6 Å². The Balaban J connectivity index is 2.63. The van der Waals surface area contributed by atoms with Gasteiger partial charge in [0.2, 0.25) is 0 Å². The molecule has 0 saturated carbocycles. The standard InChI is InChI=1S/C11H19N3O/c1-9(8-15)14(3)7-11-6-10(12-2)4-5-13-11/h4-6,9,15H,7-8H2,1-3H3,(H,12,13). The molecule has 1 aromatic heterocycles. The minimum absolute atomic E-state index is 0.157. The number of nitrogens with zero attached hydrogens (tertiary/aromatic N) is 2. The molecule has 0 spiro atoms. The predicted octanol–water partition coefficient (Wildman–Crippen LogP) is 0.936. The number of hydrogen-bond donors (Lipinski definition) is 2. The van der Waals surface area contributed by atoms with Crippen molar-refractivity contribution in [1.82, 2.24) is 9.88 Å². The van der Waals surface area contributed by atoms with E-state index in [9.17, 15) is 0 Å². The molecule has 1 aromatic rings. The summed E-state index contributed by atoms with van der Waals surface area (Å²) in [4.78, 5) is 6.35. The highest BCUT2D eigenvalue weighted by Crippen LogP contribution is 2.09. The number of aromatic nitrogens is 1. The van der Waals surface area contributed by atoms with E-state index in [4.69, 9.17) is 5.11 Å². The third kappa shape index (κ3) is 3.49. The molecule has 0 fully saturated rings. The summed E-state index contributed by atoms with van der Waals surface area (Å²) in [6.07, 6.45) is 1.79. The minimum atomic E-state index is 0.157. The van der Waals surface area contributed by atoms with Gasteiger partial charge in [-0.05, 0) is 26.1 Å². The van der Waals surface area contributed by atoms with Gasteiger partial charge < -0.3 is 10.4 Å². The van der Waals surface area contributed by atoms with Crippen LogP contribution in [0.5, 0.6) is 0 Å². The van der Waals surface area contributed by atoms with Gasteiger partial charge in [0.15, 0.2) is 0 Å². The Morgan fingerprint density at radius 2 is 2.33 bits per heavy atom. The number of pyridine rings is 1. The van der Waals surface area contributed by atoms with Gasteiger partial charge in [-0.25, -0.2) is 0 Å². The van der Waals surface area contributed by atoms with E-state index in [1.165, 1.54) is 0 Å². The fourth-order valence-electron chi connectivity index (χ4n) is 1.27. The van der Waals surface area contributed by atoms with Crippen LogP contribution in [0.2, 0.25) is 0 Å². The van der Waals surface area contributed by atoms with Crippen molar-refractivity contribution in [3.8, 4) is 0 Å². The van der Waals surface area contributed by atoms with Gasteiger partial charge >= 0.3 is 0 Å².